The van der Waals surface area contributed by atoms with Gasteiger partial charge in [0, 0.05) is 29.5 Å². The number of halogens is 1. The summed E-state index contributed by atoms with van der Waals surface area (Å²) in [7, 11) is 0. The van der Waals surface area contributed by atoms with Crippen molar-refractivity contribution in [2.75, 3.05) is 30.3 Å². The summed E-state index contributed by atoms with van der Waals surface area (Å²) in [5, 5.41) is 7.47. The molecule has 0 spiro atoms. The van der Waals surface area contributed by atoms with E-state index >= 15 is 0 Å². The first kappa shape index (κ1) is 16.5. The lowest BCUT2D eigenvalue weighted by Gasteiger charge is -2.10. The number of rotatable bonds is 9. The molecule has 0 aliphatic carbocycles. The Morgan fingerprint density at radius 2 is 1.41 bits per heavy atom. The minimum absolute atomic E-state index is 0.755. The van der Waals surface area contributed by atoms with Crippen LogP contribution in [-0.4, -0.2) is 19.7 Å². The van der Waals surface area contributed by atoms with Crippen LogP contribution in [0.5, 0.6) is 5.75 Å². The van der Waals surface area contributed by atoms with E-state index in [1.807, 2.05) is 48.5 Å². The quantitative estimate of drug-likeness (QED) is 0.635. The van der Waals surface area contributed by atoms with Crippen LogP contribution in [0.1, 0.15) is 19.8 Å². The first-order chi connectivity index (χ1) is 10.8. The van der Waals surface area contributed by atoms with Crippen molar-refractivity contribution in [3.8, 4) is 5.75 Å². The maximum Gasteiger partial charge on any atom is 0.119 e. The largest absolute Gasteiger partial charge is 0.494 e. The van der Waals surface area contributed by atoms with E-state index < -0.39 is 0 Å². The number of hydrogen-bond acceptors (Lipinski definition) is 3. The summed E-state index contributed by atoms with van der Waals surface area (Å²) in [6.07, 6.45) is 2.25. The van der Waals surface area contributed by atoms with Gasteiger partial charge < -0.3 is 15.4 Å². The third-order valence-electron chi connectivity index (χ3n) is 3.25. The fraction of sp³-hybridized carbons (Fsp3) is 0.333. The van der Waals surface area contributed by atoms with Gasteiger partial charge in [-0.1, -0.05) is 24.9 Å². The molecule has 0 saturated heterocycles. The Kier molecular flexibility index (Phi) is 6.91. The Morgan fingerprint density at radius 1 is 0.864 bits per heavy atom. The van der Waals surface area contributed by atoms with Crippen LogP contribution < -0.4 is 15.4 Å². The van der Waals surface area contributed by atoms with Crippen LogP contribution in [0.2, 0.25) is 5.02 Å². The number of hydrogen-bond donors (Lipinski definition) is 2. The average molecular weight is 319 g/mol. The summed E-state index contributed by atoms with van der Waals surface area (Å²) in [4.78, 5) is 0. The zero-order chi connectivity index (χ0) is 15.6. The van der Waals surface area contributed by atoms with Gasteiger partial charge in [-0.05, 0) is 55.0 Å². The average Bonchev–Trinajstić information content (AvgIpc) is 2.55. The van der Waals surface area contributed by atoms with Gasteiger partial charge in [-0.3, -0.25) is 0 Å². The summed E-state index contributed by atoms with van der Waals surface area (Å²) in [5.74, 6) is 0.929. The lowest BCUT2D eigenvalue weighted by atomic mass is 10.3. The topological polar surface area (TPSA) is 33.3 Å². The van der Waals surface area contributed by atoms with Crippen molar-refractivity contribution in [2.24, 2.45) is 0 Å². The Bertz CT molecular complexity index is 540. The molecular weight excluding hydrogens is 296 g/mol. The Labute approximate surface area is 137 Å². The fourth-order valence-electron chi connectivity index (χ4n) is 1.98. The third-order valence-corrected chi connectivity index (χ3v) is 3.50. The molecule has 0 heterocycles. The molecule has 0 atom stereocenters. The van der Waals surface area contributed by atoms with Gasteiger partial charge in [0.05, 0.1) is 6.61 Å². The smallest absolute Gasteiger partial charge is 0.119 e. The van der Waals surface area contributed by atoms with Gasteiger partial charge in [0.1, 0.15) is 5.75 Å². The second-order valence-electron chi connectivity index (χ2n) is 5.09. The van der Waals surface area contributed by atoms with Crippen LogP contribution in [0.25, 0.3) is 0 Å². The van der Waals surface area contributed by atoms with Crippen molar-refractivity contribution >= 4 is 23.0 Å². The molecule has 22 heavy (non-hydrogen) atoms. The predicted molar refractivity (Wildman–Crippen MR) is 95.3 cm³/mol. The molecule has 2 rings (SSSR count). The fourth-order valence-corrected chi connectivity index (χ4v) is 2.11. The van der Waals surface area contributed by atoms with Gasteiger partial charge in [0.25, 0.3) is 0 Å². The van der Waals surface area contributed by atoms with E-state index in [0.29, 0.717) is 0 Å². The monoisotopic (exact) mass is 318 g/mol. The minimum Gasteiger partial charge on any atom is -0.494 e. The molecule has 0 aliphatic heterocycles. The van der Waals surface area contributed by atoms with Gasteiger partial charge in [-0.15, -0.1) is 0 Å². The predicted octanol–water partition coefficient (Wildman–Crippen LogP) is 5.04. The summed E-state index contributed by atoms with van der Waals surface area (Å²) < 4.78 is 5.64. The second-order valence-corrected chi connectivity index (χ2v) is 5.52. The van der Waals surface area contributed by atoms with Gasteiger partial charge in [0.15, 0.2) is 0 Å². The highest BCUT2D eigenvalue weighted by molar-refractivity contribution is 6.30. The van der Waals surface area contributed by atoms with Crippen LogP contribution in [0.3, 0.4) is 0 Å². The van der Waals surface area contributed by atoms with Crippen LogP contribution in [0.15, 0.2) is 48.5 Å². The number of benzene rings is 2. The Balaban J connectivity index is 1.67. The third kappa shape index (κ3) is 5.86. The molecule has 0 amide bonds. The first-order valence-electron chi connectivity index (χ1n) is 7.74. The Morgan fingerprint density at radius 3 is 1.95 bits per heavy atom. The van der Waals surface area contributed by atoms with Crippen LogP contribution in [0, 0.1) is 0 Å². The van der Waals surface area contributed by atoms with Gasteiger partial charge in [-0.2, -0.15) is 0 Å². The lowest BCUT2D eigenvalue weighted by Crippen LogP contribution is -2.13. The molecule has 0 unspecified atom stereocenters. The normalized spacial score (nSPS) is 10.3. The highest BCUT2D eigenvalue weighted by Crippen LogP contribution is 2.16. The second kappa shape index (κ2) is 9.21. The molecule has 0 aromatic heterocycles. The SMILES string of the molecule is CCCCOc1ccc(NCCNc2ccc(Cl)cc2)cc1. The van der Waals surface area contributed by atoms with Crippen LogP contribution >= 0.6 is 11.6 Å². The lowest BCUT2D eigenvalue weighted by molar-refractivity contribution is 0.309. The van der Waals surface area contributed by atoms with Crippen molar-refractivity contribution in [1.82, 2.24) is 0 Å². The molecular formula is C18H23ClN2O. The molecule has 0 bridgehead atoms. The molecule has 3 nitrogen and oxygen atoms in total. The molecule has 0 radical (unpaired) electrons. The summed E-state index contributed by atoms with van der Waals surface area (Å²) in [5.41, 5.74) is 2.17. The Hall–Kier alpha value is -1.87. The van der Waals surface area contributed by atoms with Crippen molar-refractivity contribution in [2.45, 2.75) is 19.8 Å². The van der Waals surface area contributed by atoms with E-state index in [9.17, 15) is 0 Å². The molecule has 0 aliphatic rings. The summed E-state index contributed by atoms with van der Waals surface area (Å²) in [6, 6.07) is 15.8. The maximum atomic E-state index is 5.86. The van der Waals surface area contributed by atoms with Crippen LogP contribution in [-0.2, 0) is 0 Å². The molecule has 0 fully saturated rings. The highest BCUT2D eigenvalue weighted by atomic mass is 35.5. The van der Waals surface area contributed by atoms with Gasteiger partial charge in [-0.25, -0.2) is 0 Å². The molecule has 2 aromatic carbocycles. The molecule has 4 heteroatoms. The zero-order valence-electron chi connectivity index (χ0n) is 12.9. The number of ether oxygens (including phenoxy) is 1. The summed E-state index contributed by atoms with van der Waals surface area (Å²) >= 11 is 5.86. The number of nitrogens with one attached hydrogen (secondary N) is 2. The molecule has 2 N–H and O–H groups in total. The first-order valence-corrected chi connectivity index (χ1v) is 8.12. The van der Waals surface area contributed by atoms with Crippen LogP contribution in [0.4, 0.5) is 11.4 Å². The number of anilines is 2. The highest BCUT2D eigenvalue weighted by Gasteiger charge is 1.96. The van der Waals surface area contributed by atoms with Gasteiger partial charge in [0.2, 0.25) is 0 Å². The van der Waals surface area contributed by atoms with E-state index in [-0.39, 0.29) is 0 Å². The minimum atomic E-state index is 0.755. The zero-order valence-corrected chi connectivity index (χ0v) is 13.7. The molecule has 0 saturated carbocycles. The van der Waals surface area contributed by atoms with Crippen molar-refractivity contribution < 1.29 is 4.74 Å². The van der Waals surface area contributed by atoms with E-state index in [1.165, 1.54) is 0 Å². The summed E-state index contributed by atoms with van der Waals surface area (Å²) in [6.45, 7) is 4.64. The number of unbranched alkanes of at least 4 members (excludes halogenated alkanes) is 1. The van der Waals surface area contributed by atoms with E-state index in [2.05, 4.69) is 17.6 Å². The van der Waals surface area contributed by atoms with Crippen molar-refractivity contribution in [3.63, 3.8) is 0 Å². The van der Waals surface area contributed by atoms with Crippen molar-refractivity contribution in [3.05, 3.63) is 53.6 Å². The maximum absolute atomic E-state index is 5.86. The molecule has 118 valence electrons. The standard InChI is InChI=1S/C18H23ClN2O/c1-2-3-14-22-18-10-8-17(9-11-18)21-13-12-20-16-6-4-15(19)5-7-16/h4-11,20-21H,2-3,12-14H2,1H3. The van der Waals surface area contributed by atoms with E-state index in [1.54, 1.807) is 0 Å². The van der Waals surface area contributed by atoms with Crippen molar-refractivity contribution in [1.29, 1.82) is 0 Å². The molecule has 2 aromatic rings. The van der Waals surface area contributed by atoms with Gasteiger partial charge >= 0.3 is 0 Å². The van der Waals surface area contributed by atoms with E-state index in [4.69, 9.17) is 16.3 Å². The van der Waals surface area contributed by atoms with E-state index in [0.717, 1.165) is 54.7 Å².